The van der Waals surface area contributed by atoms with Gasteiger partial charge in [-0.1, -0.05) is 12.1 Å². The molecule has 0 bridgehead atoms. The summed E-state index contributed by atoms with van der Waals surface area (Å²) in [4.78, 5) is 11.4. The van der Waals surface area contributed by atoms with Crippen LogP contribution in [-0.4, -0.2) is 50.4 Å². The fraction of sp³-hybridized carbons (Fsp3) is 0.269. The van der Waals surface area contributed by atoms with Crippen LogP contribution in [0.15, 0.2) is 77.8 Å². The van der Waals surface area contributed by atoms with E-state index in [9.17, 15) is 9.50 Å². The van der Waals surface area contributed by atoms with Crippen LogP contribution in [0.5, 0.6) is 0 Å². The standard InChI is InChI=1S/C26H27FN6O2/c1-17-28-16-33(31-17)23-10-9-21(14-19(23)15-34)29-22-4-3-12-32-24(11-13-35-2)25(30-26(22)32)18-5-7-20(27)8-6-18/h3-10,12,14,16,24-25,29,34H,11,13,15H2,1-2H3. The molecule has 2 atom stereocenters. The van der Waals surface area contributed by atoms with E-state index in [1.165, 1.54) is 12.1 Å². The van der Waals surface area contributed by atoms with Crippen LogP contribution in [0, 0.1) is 12.7 Å². The molecule has 0 saturated heterocycles. The first-order chi connectivity index (χ1) is 17.1. The smallest absolute Gasteiger partial charge is 0.152 e. The number of aliphatic imine (C=N–C) groups is 1. The van der Waals surface area contributed by atoms with Gasteiger partial charge in [-0.3, -0.25) is 4.99 Å². The number of aromatic nitrogens is 3. The molecule has 2 aliphatic rings. The Hall–Kier alpha value is -3.82. The Morgan fingerprint density at radius 3 is 2.71 bits per heavy atom. The van der Waals surface area contributed by atoms with Crippen molar-refractivity contribution in [1.29, 1.82) is 0 Å². The third kappa shape index (κ3) is 4.60. The van der Waals surface area contributed by atoms with Crippen LogP contribution in [0.3, 0.4) is 0 Å². The summed E-state index contributed by atoms with van der Waals surface area (Å²) in [5, 5.41) is 17.8. The second-order valence-electron chi connectivity index (χ2n) is 8.49. The van der Waals surface area contributed by atoms with Crippen LogP contribution < -0.4 is 5.32 Å². The number of aryl methyl sites for hydroxylation is 1. The maximum atomic E-state index is 13.6. The predicted molar refractivity (Wildman–Crippen MR) is 132 cm³/mol. The van der Waals surface area contributed by atoms with E-state index in [1.54, 1.807) is 30.3 Å². The summed E-state index contributed by atoms with van der Waals surface area (Å²) in [6, 6.07) is 12.2. The Kier molecular flexibility index (Phi) is 6.43. The number of amidine groups is 1. The van der Waals surface area contributed by atoms with Crippen LogP contribution in [0.4, 0.5) is 10.1 Å². The van der Waals surface area contributed by atoms with Gasteiger partial charge in [-0.15, -0.1) is 0 Å². The van der Waals surface area contributed by atoms with Crippen molar-refractivity contribution in [3.05, 3.63) is 95.6 Å². The van der Waals surface area contributed by atoms with Gasteiger partial charge in [-0.25, -0.2) is 14.1 Å². The minimum absolute atomic E-state index is 0.0445. The lowest BCUT2D eigenvalue weighted by Crippen LogP contribution is -2.37. The van der Waals surface area contributed by atoms with Crippen LogP contribution >= 0.6 is 0 Å². The highest BCUT2D eigenvalue weighted by Crippen LogP contribution is 2.37. The van der Waals surface area contributed by atoms with Gasteiger partial charge in [0, 0.05) is 31.2 Å². The summed E-state index contributed by atoms with van der Waals surface area (Å²) >= 11 is 0. The number of nitrogens with zero attached hydrogens (tertiary/aromatic N) is 5. The summed E-state index contributed by atoms with van der Waals surface area (Å²) < 4.78 is 20.6. The quantitative estimate of drug-likeness (QED) is 0.515. The average Bonchev–Trinajstić information content (AvgIpc) is 3.47. The van der Waals surface area contributed by atoms with Crippen molar-refractivity contribution in [2.45, 2.75) is 32.0 Å². The molecule has 8 nitrogen and oxygen atoms in total. The highest BCUT2D eigenvalue weighted by Gasteiger charge is 2.38. The first kappa shape index (κ1) is 22.9. The lowest BCUT2D eigenvalue weighted by molar-refractivity contribution is 0.170. The Labute approximate surface area is 203 Å². The average molecular weight is 475 g/mol. The molecule has 9 heteroatoms. The van der Waals surface area contributed by atoms with Gasteiger partial charge in [-0.05, 0) is 61.4 Å². The van der Waals surface area contributed by atoms with Crippen molar-refractivity contribution in [3.8, 4) is 5.69 Å². The maximum absolute atomic E-state index is 13.6. The van der Waals surface area contributed by atoms with Crippen molar-refractivity contribution >= 4 is 11.5 Å². The summed E-state index contributed by atoms with van der Waals surface area (Å²) in [5.74, 6) is 1.20. The van der Waals surface area contributed by atoms with Gasteiger partial charge in [0.25, 0.3) is 0 Å². The van der Waals surface area contributed by atoms with E-state index < -0.39 is 0 Å². The Bertz CT molecular complexity index is 1300. The van der Waals surface area contributed by atoms with E-state index in [0.717, 1.165) is 40.5 Å². The number of benzene rings is 2. The van der Waals surface area contributed by atoms with Gasteiger partial charge in [0.1, 0.15) is 18.0 Å². The monoisotopic (exact) mass is 474 g/mol. The van der Waals surface area contributed by atoms with Gasteiger partial charge < -0.3 is 20.1 Å². The molecule has 0 amide bonds. The van der Waals surface area contributed by atoms with Crippen LogP contribution in [0.2, 0.25) is 0 Å². The van der Waals surface area contributed by atoms with Crippen molar-refractivity contribution in [1.82, 2.24) is 19.7 Å². The lowest BCUT2D eigenvalue weighted by Gasteiger charge is -2.30. The predicted octanol–water partition coefficient (Wildman–Crippen LogP) is 3.89. The molecule has 3 heterocycles. The van der Waals surface area contributed by atoms with Crippen molar-refractivity contribution in [3.63, 3.8) is 0 Å². The van der Waals surface area contributed by atoms with Gasteiger partial charge in [0.05, 0.1) is 30.1 Å². The van der Waals surface area contributed by atoms with Crippen molar-refractivity contribution < 1.29 is 14.2 Å². The number of nitrogens with one attached hydrogen (secondary N) is 1. The number of hydrogen-bond donors (Lipinski definition) is 2. The SMILES string of the molecule is COCCC1C(c2ccc(F)cc2)N=C2C(Nc3ccc(-n4cnc(C)n4)c(CO)c3)=CC=CN21. The fourth-order valence-electron chi connectivity index (χ4n) is 4.51. The zero-order valence-electron chi connectivity index (χ0n) is 19.6. The van der Waals surface area contributed by atoms with E-state index in [2.05, 4.69) is 20.3 Å². The molecular weight excluding hydrogens is 447 g/mol. The topological polar surface area (TPSA) is 87.8 Å². The zero-order valence-corrected chi connectivity index (χ0v) is 19.6. The molecule has 35 heavy (non-hydrogen) atoms. The molecule has 2 unspecified atom stereocenters. The molecule has 0 aliphatic carbocycles. The highest BCUT2D eigenvalue weighted by molar-refractivity contribution is 6.04. The summed E-state index contributed by atoms with van der Waals surface area (Å²) in [7, 11) is 1.69. The van der Waals surface area contributed by atoms with Gasteiger partial charge in [0.2, 0.25) is 0 Å². The molecule has 5 rings (SSSR count). The number of ether oxygens (including phenoxy) is 1. The van der Waals surface area contributed by atoms with Crippen LogP contribution in [-0.2, 0) is 11.3 Å². The van der Waals surface area contributed by atoms with Crippen LogP contribution in [0.25, 0.3) is 5.69 Å². The summed E-state index contributed by atoms with van der Waals surface area (Å²) in [6.07, 6.45) is 8.37. The lowest BCUT2D eigenvalue weighted by atomic mass is 9.97. The molecule has 0 fully saturated rings. The highest BCUT2D eigenvalue weighted by atomic mass is 19.1. The van der Waals surface area contributed by atoms with E-state index in [1.807, 2.05) is 43.5 Å². The van der Waals surface area contributed by atoms with Gasteiger partial charge >= 0.3 is 0 Å². The molecule has 0 radical (unpaired) electrons. The number of anilines is 1. The normalized spacial score (nSPS) is 18.9. The van der Waals surface area contributed by atoms with E-state index in [0.29, 0.717) is 12.4 Å². The zero-order chi connectivity index (χ0) is 24.4. The number of allylic oxidation sites excluding steroid dienone is 2. The Morgan fingerprint density at radius 2 is 2.00 bits per heavy atom. The minimum Gasteiger partial charge on any atom is -0.392 e. The summed E-state index contributed by atoms with van der Waals surface area (Å²) in [6.45, 7) is 2.27. The molecular formula is C26H27FN6O2. The van der Waals surface area contributed by atoms with E-state index in [4.69, 9.17) is 9.73 Å². The summed E-state index contributed by atoms with van der Waals surface area (Å²) in [5.41, 5.74) is 4.11. The maximum Gasteiger partial charge on any atom is 0.152 e. The Morgan fingerprint density at radius 1 is 1.17 bits per heavy atom. The third-order valence-electron chi connectivity index (χ3n) is 6.19. The largest absolute Gasteiger partial charge is 0.392 e. The number of aliphatic hydroxyl groups is 1. The third-order valence-corrected chi connectivity index (χ3v) is 6.19. The Balaban J connectivity index is 1.44. The molecule has 180 valence electrons. The van der Waals surface area contributed by atoms with E-state index >= 15 is 0 Å². The molecule has 0 spiro atoms. The second kappa shape index (κ2) is 9.81. The number of fused-ring (bicyclic) bond motifs is 1. The number of aliphatic hydroxyl groups excluding tert-OH is 1. The van der Waals surface area contributed by atoms with Gasteiger partial charge in [-0.2, -0.15) is 5.10 Å². The molecule has 0 saturated carbocycles. The first-order valence-corrected chi connectivity index (χ1v) is 11.5. The van der Waals surface area contributed by atoms with Crippen LogP contribution in [0.1, 0.15) is 29.4 Å². The van der Waals surface area contributed by atoms with Gasteiger partial charge in [0.15, 0.2) is 5.84 Å². The fourth-order valence-corrected chi connectivity index (χ4v) is 4.51. The molecule has 3 aromatic rings. The molecule has 2 aromatic carbocycles. The number of methoxy groups -OCH3 is 1. The van der Waals surface area contributed by atoms with E-state index in [-0.39, 0.29) is 24.5 Å². The van der Waals surface area contributed by atoms with Crippen molar-refractivity contribution in [2.24, 2.45) is 4.99 Å². The number of rotatable bonds is 8. The van der Waals surface area contributed by atoms with Crippen molar-refractivity contribution in [2.75, 3.05) is 19.0 Å². The molecule has 1 aromatic heterocycles. The minimum atomic E-state index is -0.267. The number of hydrogen-bond acceptors (Lipinski definition) is 7. The second-order valence-corrected chi connectivity index (χ2v) is 8.49. The number of halogens is 1. The molecule has 2 N–H and O–H groups in total. The first-order valence-electron chi connectivity index (χ1n) is 11.5. The molecule has 2 aliphatic heterocycles.